The lowest BCUT2D eigenvalue weighted by Crippen LogP contribution is -2.64. The Balaban J connectivity index is 1.31. The highest BCUT2D eigenvalue weighted by Crippen LogP contribution is 2.32. The van der Waals surface area contributed by atoms with Crippen LogP contribution in [-0.4, -0.2) is 77.0 Å². The SMILES string of the molecule is O=C(N[C@@H](Cc1cc(F)cc(F)c1)[C@H](O)[C@@H]1NCCN(Cc2ccccc2)C1=O)C1CC(=O)N(CC2CC2)C1. The molecule has 3 aliphatic rings. The summed E-state index contributed by atoms with van der Waals surface area (Å²) < 4.78 is 27.9. The third-order valence-electron chi connectivity index (χ3n) is 7.76. The van der Waals surface area contributed by atoms with Gasteiger partial charge in [0.15, 0.2) is 0 Å². The van der Waals surface area contributed by atoms with Gasteiger partial charge in [-0.1, -0.05) is 30.3 Å². The van der Waals surface area contributed by atoms with E-state index in [1.54, 1.807) is 9.80 Å². The number of hydrogen-bond acceptors (Lipinski definition) is 5. The lowest BCUT2D eigenvalue weighted by atomic mass is 9.93. The van der Waals surface area contributed by atoms with Gasteiger partial charge in [-0.05, 0) is 48.4 Å². The van der Waals surface area contributed by atoms with E-state index in [0.717, 1.165) is 36.6 Å². The number of hydrogen-bond donors (Lipinski definition) is 3. The molecule has 2 aliphatic heterocycles. The molecule has 10 heteroatoms. The average molecular weight is 541 g/mol. The van der Waals surface area contributed by atoms with Crippen LogP contribution in [0.4, 0.5) is 8.78 Å². The van der Waals surface area contributed by atoms with E-state index in [1.807, 2.05) is 30.3 Å². The highest BCUT2D eigenvalue weighted by atomic mass is 19.1. The fourth-order valence-electron chi connectivity index (χ4n) is 5.49. The van der Waals surface area contributed by atoms with Crippen molar-refractivity contribution >= 4 is 17.7 Å². The first-order valence-electron chi connectivity index (χ1n) is 13.5. The molecule has 1 aliphatic carbocycles. The maximum atomic E-state index is 14.0. The second kappa shape index (κ2) is 11.8. The van der Waals surface area contributed by atoms with Gasteiger partial charge in [-0.2, -0.15) is 0 Å². The first-order chi connectivity index (χ1) is 18.8. The monoisotopic (exact) mass is 540 g/mol. The fourth-order valence-corrected chi connectivity index (χ4v) is 5.49. The molecule has 3 amide bonds. The van der Waals surface area contributed by atoms with Crippen molar-refractivity contribution in [1.29, 1.82) is 0 Å². The summed E-state index contributed by atoms with van der Waals surface area (Å²) in [7, 11) is 0. The summed E-state index contributed by atoms with van der Waals surface area (Å²) in [4.78, 5) is 42.5. The van der Waals surface area contributed by atoms with E-state index < -0.39 is 41.6 Å². The van der Waals surface area contributed by atoms with Crippen molar-refractivity contribution < 1.29 is 28.3 Å². The summed E-state index contributed by atoms with van der Waals surface area (Å²) in [6, 6.07) is 10.5. The number of nitrogens with zero attached hydrogens (tertiary/aromatic N) is 2. The van der Waals surface area contributed by atoms with Crippen molar-refractivity contribution in [3.8, 4) is 0 Å². The minimum absolute atomic E-state index is 0.0709. The number of amides is 3. The molecular weight excluding hydrogens is 506 g/mol. The van der Waals surface area contributed by atoms with Crippen molar-refractivity contribution in [3.05, 3.63) is 71.3 Å². The van der Waals surface area contributed by atoms with Crippen molar-refractivity contribution in [2.24, 2.45) is 11.8 Å². The molecule has 3 fully saturated rings. The number of piperazine rings is 1. The topological polar surface area (TPSA) is 102 Å². The zero-order chi connectivity index (χ0) is 27.5. The lowest BCUT2D eigenvalue weighted by Gasteiger charge is -2.38. The van der Waals surface area contributed by atoms with Crippen molar-refractivity contribution in [2.75, 3.05) is 26.2 Å². The van der Waals surface area contributed by atoms with E-state index in [9.17, 15) is 28.3 Å². The number of benzene rings is 2. The van der Waals surface area contributed by atoms with E-state index >= 15 is 0 Å². The Morgan fingerprint density at radius 1 is 1.05 bits per heavy atom. The molecule has 2 heterocycles. The quantitative estimate of drug-likeness (QED) is 0.425. The molecule has 3 N–H and O–H groups in total. The number of aliphatic hydroxyl groups excluding tert-OH is 1. The van der Waals surface area contributed by atoms with Crippen LogP contribution in [0.5, 0.6) is 0 Å². The van der Waals surface area contributed by atoms with Gasteiger partial charge in [-0.3, -0.25) is 14.4 Å². The minimum Gasteiger partial charge on any atom is -0.389 e. The number of rotatable bonds is 10. The van der Waals surface area contributed by atoms with E-state index in [0.29, 0.717) is 38.6 Å². The van der Waals surface area contributed by atoms with Gasteiger partial charge < -0.3 is 25.5 Å². The number of carbonyl (C=O) groups is 3. The van der Waals surface area contributed by atoms with Crippen LogP contribution in [0.3, 0.4) is 0 Å². The first-order valence-corrected chi connectivity index (χ1v) is 13.5. The number of aliphatic hydroxyl groups is 1. The molecule has 1 saturated carbocycles. The van der Waals surface area contributed by atoms with Crippen LogP contribution in [0.25, 0.3) is 0 Å². The fraction of sp³-hybridized carbons (Fsp3) is 0.483. The van der Waals surface area contributed by atoms with Crippen LogP contribution >= 0.6 is 0 Å². The first kappa shape index (κ1) is 27.2. The number of carbonyl (C=O) groups excluding carboxylic acids is 3. The predicted molar refractivity (Wildman–Crippen MR) is 139 cm³/mol. The molecule has 5 rings (SSSR count). The largest absolute Gasteiger partial charge is 0.389 e. The molecule has 1 unspecified atom stereocenters. The molecule has 39 heavy (non-hydrogen) atoms. The minimum atomic E-state index is -1.38. The molecule has 4 atom stereocenters. The Morgan fingerprint density at radius 2 is 1.77 bits per heavy atom. The van der Waals surface area contributed by atoms with Gasteiger partial charge in [0.2, 0.25) is 17.7 Å². The van der Waals surface area contributed by atoms with Gasteiger partial charge in [-0.15, -0.1) is 0 Å². The molecule has 0 bridgehead atoms. The third-order valence-corrected chi connectivity index (χ3v) is 7.76. The Morgan fingerprint density at radius 3 is 2.46 bits per heavy atom. The molecule has 0 aromatic heterocycles. The summed E-state index contributed by atoms with van der Waals surface area (Å²) in [5.41, 5.74) is 1.18. The zero-order valence-corrected chi connectivity index (χ0v) is 21.7. The molecule has 0 radical (unpaired) electrons. The summed E-state index contributed by atoms with van der Waals surface area (Å²) in [5, 5.41) is 17.3. The molecular formula is C29H34F2N4O4. The van der Waals surface area contributed by atoms with E-state index in [2.05, 4.69) is 10.6 Å². The molecule has 2 aromatic carbocycles. The van der Waals surface area contributed by atoms with Crippen molar-refractivity contribution in [1.82, 2.24) is 20.4 Å². The standard InChI is InChI=1S/C29H34F2N4O4/c30-22-10-20(11-23(31)14-22)12-24(33-28(38)21-13-25(36)35(17-21)16-19-6-7-19)27(37)26-29(39)34(9-8-32-26)15-18-4-2-1-3-5-18/h1-5,10-11,14,19,21,24,26-27,32,37H,6-9,12-13,15-17H2,(H,33,38)/t21?,24-,26-,27-/m0/s1. The van der Waals surface area contributed by atoms with E-state index in [1.165, 1.54) is 0 Å². The predicted octanol–water partition coefficient (Wildman–Crippen LogP) is 1.61. The van der Waals surface area contributed by atoms with Crippen LogP contribution in [0, 0.1) is 23.5 Å². The van der Waals surface area contributed by atoms with E-state index in [-0.39, 0.29) is 30.2 Å². The number of halogens is 2. The van der Waals surface area contributed by atoms with Gasteiger partial charge >= 0.3 is 0 Å². The van der Waals surface area contributed by atoms with E-state index in [4.69, 9.17) is 0 Å². The summed E-state index contributed by atoms with van der Waals surface area (Å²) in [6.07, 6.45) is 0.761. The normalized spacial score (nSPS) is 23.2. The Labute approximate surface area is 226 Å². The van der Waals surface area contributed by atoms with Crippen LogP contribution in [-0.2, 0) is 27.3 Å². The Bertz CT molecular complexity index is 1190. The third kappa shape index (κ3) is 6.80. The maximum Gasteiger partial charge on any atom is 0.242 e. The number of likely N-dealkylation sites (tertiary alicyclic amines) is 1. The Kier molecular flexibility index (Phi) is 8.23. The van der Waals surface area contributed by atoms with Gasteiger partial charge in [0.25, 0.3) is 0 Å². The Hall–Kier alpha value is -3.37. The van der Waals surface area contributed by atoms with Gasteiger partial charge in [0.05, 0.1) is 18.1 Å². The zero-order valence-electron chi connectivity index (χ0n) is 21.7. The van der Waals surface area contributed by atoms with Gasteiger partial charge in [-0.25, -0.2) is 8.78 Å². The summed E-state index contributed by atoms with van der Waals surface area (Å²) in [5.74, 6) is -2.48. The van der Waals surface area contributed by atoms with Crippen LogP contribution in [0.1, 0.15) is 30.4 Å². The van der Waals surface area contributed by atoms with Crippen molar-refractivity contribution in [3.63, 3.8) is 0 Å². The lowest BCUT2D eigenvalue weighted by molar-refractivity contribution is -0.141. The second-order valence-corrected chi connectivity index (χ2v) is 10.9. The van der Waals surface area contributed by atoms with Crippen LogP contribution in [0.2, 0.25) is 0 Å². The number of nitrogens with one attached hydrogen (secondary N) is 2. The van der Waals surface area contributed by atoms with Crippen LogP contribution in [0.15, 0.2) is 48.5 Å². The molecule has 0 spiro atoms. The van der Waals surface area contributed by atoms with Gasteiger partial charge in [0.1, 0.15) is 17.7 Å². The van der Waals surface area contributed by atoms with Crippen molar-refractivity contribution in [2.45, 2.75) is 50.4 Å². The maximum absolute atomic E-state index is 14.0. The second-order valence-electron chi connectivity index (χ2n) is 10.9. The smallest absolute Gasteiger partial charge is 0.242 e. The van der Waals surface area contributed by atoms with Gasteiger partial charge in [0, 0.05) is 45.2 Å². The summed E-state index contributed by atoms with van der Waals surface area (Å²) in [6.45, 7) is 2.20. The molecule has 8 nitrogen and oxygen atoms in total. The van der Waals surface area contributed by atoms with Crippen LogP contribution < -0.4 is 10.6 Å². The average Bonchev–Trinajstić information content (AvgIpc) is 3.64. The highest BCUT2D eigenvalue weighted by Gasteiger charge is 2.41. The summed E-state index contributed by atoms with van der Waals surface area (Å²) >= 11 is 0. The molecule has 208 valence electrons. The highest BCUT2D eigenvalue weighted by molar-refractivity contribution is 5.89. The molecule has 2 saturated heterocycles. The molecule has 2 aromatic rings.